The van der Waals surface area contributed by atoms with Crippen LogP contribution in [0, 0.1) is 5.92 Å². The Morgan fingerprint density at radius 1 is 1.15 bits per heavy atom. The van der Waals surface area contributed by atoms with Gasteiger partial charge in [0, 0.05) is 31.2 Å². The number of hydrogen-bond donors (Lipinski definition) is 1. The Morgan fingerprint density at radius 2 is 1.96 bits per heavy atom. The molecule has 27 heavy (non-hydrogen) atoms. The molecule has 2 aliphatic rings. The van der Waals surface area contributed by atoms with Crippen LogP contribution in [-0.4, -0.2) is 54.9 Å². The summed E-state index contributed by atoms with van der Waals surface area (Å²) in [4.78, 5) is 7.07. The summed E-state index contributed by atoms with van der Waals surface area (Å²) in [7, 11) is 3.23. The van der Waals surface area contributed by atoms with E-state index in [2.05, 4.69) is 20.4 Å². The number of nitrogens with zero attached hydrogens (tertiary/aromatic N) is 3. The van der Waals surface area contributed by atoms with E-state index in [1.807, 2.05) is 18.2 Å². The number of anilines is 1. The van der Waals surface area contributed by atoms with E-state index in [0.717, 1.165) is 31.0 Å². The van der Waals surface area contributed by atoms with Gasteiger partial charge in [-0.3, -0.25) is 0 Å². The number of rotatable bonds is 7. The highest BCUT2D eigenvalue weighted by Gasteiger charge is 2.27. The highest BCUT2D eigenvalue weighted by atomic mass is 16.5. The van der Waals surface area contributed by atoms with Gasteiger partial charge in [0.1, 0.15) is 0 Å². The molecule has 2 fully saturated rings. The largest absolute Gasteiger partial charge is 0.493 e. The van der Waals surface area contributed by atoms with E-state index in [9.17, 15) is 0 Å². The molecule has 146 valence electrons. The van der Waals surface area contributed by atoms with Crippen molar-refractivity contribution in [1.29, 1.82) is 0 Å². The number of methoxy groups -OCH3 is 2. The molecule has 1 aliphatic carbocycles. The third-order valence-electron chi connectivity index (χ3n) is 5.66. The molecule has 2 heterocycles. The quantitative estimate of drug-likeness (QED) is 0.798. The molecular weight excluding hydrogens is 344 g/mol. The van der Waals surface area contributed by atoms with Gasteiger partial charge in [0.15, 0.2) is 11.5 Å². The molecule has 1 aliphatic heterocycles. The van der Waals surface area contributed by atoms with Crippen LogP contribution in [0.1, 0.15) is 32.1 Å². The van der Waals surface area contributed by atoms with Crippen molar-refractivity contribution < 1.29 is 14.0 Å². The Morgan fingerprint density at radius 3 is 2.74 bits per heavy atom. The standard InChI is InChI=1S/C20H28N4O3/c1-25-17-8-7-15(11-18(17)26-2)19-22-20(27-23-19)21-16-9-10-24(13-16)12-14-5-3-4-6-14/h7-8,11,14,16H,3-6,9-10,12-13H2,1-2H3,(H,21,22,23). The third-order valence-corrected chi connectivity index (χ3v) is 5.66. The molecule has 1 N–H and O–H groups in total. The van der Waals surface area contributed by atoms with Crippen LogP contribution < -0.4 is 14.8 Å². The van der Waals surface area contributed by atoms with Crippen molar-refractivity contribution in [3.63, 3.8) is 0 Å². The van der Waals surface area contributed by atoms with Gasteiger partial charge in [0.25, 0.3) is 0 Å². The first-order valence-corrected chi connectivity index (χ1v) is 9.80. The van der Waals surface area contributed by atoms with E-state index < -0.39 is 0 Å². The minimum absolute atomic E-state index is 0.366. The van der Waals surface area contributed by atoms with Gasteiger partial charge in [-0.2, -0.15) is 4.98 Å². The Kier molecular flexibility index (Phi) is 5.48. The zero-order chi connectivity index (χ0) is 18.6. The second-order valence-electron chi connectivity index (χ2n) is 7.53. The molecular formula is C20H28N4O3. The molecule has 0 radical (unpaired) electrons. The van der Waals surface area contributed by atoms with Crippen molar-refractivity contribution in [2.24, 2.45) is 5.92 Å². The summed E-state index contributed by atoms with van der Waals surface area (Å²) in [6, 6.07) is 6.44. The maximum Gasteiger partial charge on any atom is 0.322 e. The van der Waals surface area contributed by atoms with E-state index in [4.69, 9.17) is 14.0 Å². The summed E-state index contributed by atoms with van der Waals surface area (Å²) >= 11 is 0. The van der Waals surface area contributed by atoms with Crippen molar-refractivity contribution >= 4 is 6.01 Å². The number of nitrogens with one attached hydrogen (secondary N) is 1. The number of ether oxygens (including phenoxy) is 2. The molecule has 1 saturated carbocycles. The predicted molar refractivity (Wildman–Crippen MR) is 103 cm³/mol. The zero-order valence-electron chi connectivity index (χ0n) is 16.1. The van der Waals surface area contributed by atoms with Crippen LogP contribution in [-0.2, 0) is 0 Å². The molecule has 1 saturated heterocycles. The first kappa shape index (κ1) is 18.1. The molecule has 1 unspecified atom stereocenters. The molecule has 1 aromatic heterocycles. The fraction of sp³-hybridized carbons (Fsp3) is 0.600. The minimum Gasteiger partial charge on any atom is -0.493 e. The normalized spacial score (nSPS) is 20.9. The van der Waals surface area contributed by atoms with Gasteiger partial charge in [0.2, 0.25) is 5.82 Å². The summed E-state index contributed by atoms with van der Waals surface area (Å²) in [5.74, 6) is 2.76. The lowest BCUT2D eigenvalue weighted by molar-refractivity contribution is 0.278. The summed E-state index contributed by atoms with van der Waals surface area (Å²) in [6.45, 7) is 3.42. The highest BCUT2D eigenvalue weighted by molar-refractivity contribution is 5.61. The molecule has 7 heteroatoms. The van der Waals surface area contributed by atoms with Crippen molar-refractivity contribution in [3.05, 3.63) is 18.2 Å². The van der Waals surface area contributed by atoms with Gasteiger partial charge in [0.05, 0.1) is 14.2 Å². The average Bonchev–Trinajstić information content (AvgIpc) is 3.45. The molecule has 1 atom stereocenters. The van der Waals surface area contributed by atoms with Crippen LogP contribution in [0.2, 0.25) is 0 Å². The summed E-state index contributed by atoms with van der Waals surface area (Å²) in [6.07, 6.45) is 6.71. The second kappa shape index (κ2) is 8.17. The molecule has 4 rings (SSSR count). The van der Waals surface area contributed by atoms with Crippen LogP contribution in [0.25, 0.3) is 11.4 Å². The third kappa shape index (κ3) is 4.18. The fourth-order valence-corrected chi connectivity index (χ4v) is 4.22. The molecule has 2 aromatic rings. The van der Waals surface area contributed by atoms with Gasteiger partial charge in [-0.05, 0) is 43.4 Å². The Balaban J connectivity index is 1.36. The highest BCUT2D eigenvalue weighted by Crippen LogP contribution is 2.32. The Labute approximate surface area is 160 Å². The summed E-state index contributed by atoms with van der Waals surface area (Å²) in [5, 5.41) is 7.50. The van der Waals surface area contributed by atoms with Crippen LogP contribution >= 0.6 is 0 Å². The average molecular weight is 372 g/mol. The van der Waals surface area contributed by atoms with Crippen molar-refractivity contribution in [2.45, 2.75) is 38.1 Å². The van der Waals surface area contributed by atoms with E-state index in [-0.39, 0.29) is 0 Å². The second-order valence-corrected chi connectivity index (χ2v) is 7.53. The molecule has 1 aromatic carbocycles. The lowest BCUT2D eigenvalue weighted by atomic mass is 10.1. The lowest BCUT2D eigenvalue weighted by Crippen LogP contribution is -2.29. The summed E-state index contributed by atoms with van der Waals surface area (Å²) in [5.41, 5.74) is 0.832. The molecule has 0 bridgehead atoms. The number of likely N-dealkylation sites (tertiary alicyclic amines) is 1. The van der Waals surface area contributed by atoms with Gasteiger partial charge in [-0.1, -0.05) is 18.0 Å². The lowest BCUT2D eigenvalue weighted by Gasteiger charge is -2.20. The topological polar surface area (TPSA) is 72.7 Å². The Bertz CT molecular complexity index is 757. The smallest absolute Gasteiger partial charge is 0.322 e. The van der Waals surface area contributed by atoms with Gasteiger partial charge >= 0.3 is 6.01 Å². The summed E-state index contributed by atoms with van der Waals surface area (Å²) < 4.78 is 16.0. The first-order valence-electron chi connectivity index (χ1n) is 9.80. The van der Waals surface area contributed by atoms with Crippen molar-refractivity contribution in [1.82, 2.24) is 15.0 Å². The zero-order valence-corrected chi connectivity index (χ0v) is 16.1. The van der Waals surface area contributed by atoms with Crippen LogP contribution in [0.5, 0.6) is 11.5 Å². The van der Waals surface area contributed by atoms with E-state index in [1.165, 1.54) is 32.2 Å². The predicted octanol–water partition coefficient (Wildman–Crippen LogP) is 3.43. The number of hydrogen-bond acceptors (Lipinski definition) is 7. The molecule has 0 amide bonds. The maximum absolute atomic E-state index is 5.42. The van der Waals surface area contributed by atoms with E-state index in [1.54, 1.807) is 14.2 Å². The minimum atomic E-state index is 0.366. The molecule has 7 nitrogen and oxygen atoms in total. The molecule has 0 spiro atoms. The van der Waals surface area contributed by atoms with E-state index >= 15 is 0 Å². The van der Waals surface area contributed by atoms with Crippen LogP contribution in [0.15, 0.2) is 22.7 Å². The van der Waals surface area contributed by atoms with Gasteiger partial charge in [-0.25, -0.2) is 0 Å². The Hall–Kier alpha value is -2.28. The van der Waals surface area contributed by atoms with Crippen molar-refractivity contribution in [3.8, 4) is 22.9 Å². The van der Waals surface area contributed by atoms with E-state index in [0.29, 0.717) is 29.4 Å². The fourth-order valence-electron chi connectivity index (χ4n) is 4.22. The maximum atomic E-state index is 5.42. The monoisotopic (exact) mass is 372 g/mol. The van der Waals surface area contributed by atoms with Crippen molar-refractivity contribution in [2.75, 3.05) is 39.2 Å². The number of aromatic nitrogens is 2. The van der Waals surface area contributed by atoms with Crippen LogP contribution in [0.3, 0.4) is 0 Å². The first-order chi connectivity index (χ1) is 13.2. The SMILES string of the molecule is COc1ccc(-c2noc(NC3CCN(CC4CCCC4)C3)n2)cc1OC. The van der Waals surface area contributed by atoms with Gasteiger partial charge in [-0.15, -0.1) is 0 Å². The van der Waals surface area contributed by atoms with Crippen LogP contribution in [0.4, 0.5) is 6.01 Å². The van der Waals surface area contributed by atoms with Gasteiger partial charge < -0.3 is 24.2 Å². The number of benzene rings is 1.